The van der Waals surface area contributed by atoms with Crippen LogP contribution < -0.4 is 0 Å². The molecule has 0 fully saturated rings. The fraction of sp³-hybridized carbons (Fsp3) is 0.200. The van der Waals surface area contributed by atoms with Gasteiger partial charge in [0.05, 0.1) is 12.0 Å². The predicted molar refractivity (Wildman–Crippen MR) is 46.3 cm³/mol. The molecule has 86 valence electrons. The lowest BCUT2D eigenvalue weighted by atomic mass is 10.1. The third-order valence-corrected chi connectivity index (χ3v) is 1.81. The zero-order valence-electron chi connectivity index (χ0n) is 7.84. The Morgan fingerprint density at radius 2 is 1.81 bits per heavy atom. The second kappa shape index (κ2) is 4.87. The van der Waals surface area contributed by atoms with Gasteiger partial charge in [-0.15, -0.1) is 0 Å². The minimum atomic E-state index is -3.27. The van der Waals surface area contributed by atoms with Crippen molar-refractivity contribution >= 4 is 11.6 Å². The normalized spacial score (nSPS) is 10.6. The predicted octanol–water partition coefficient (Wildman–Crippen LogP) is 2.37. The van der Waals surface area contributed by atoms with Crippen molar-refractivity contribution in [1.82, 2.24) is 0 Å². The van der Waals surface area contributed by atoms with E-state index in [0.717, 1.165) is 12.1 Å². The Morgan fingerprint density at radius 3 is 2.31 bits per heavy atom. The molecule has 0 aliphatic carbocycles. The molecule has 0 radical (unpaired) electrons. The zero-order valence-corrected chi connectivity index (χ0v) is 7.84. The lowest BCUT2D eigenvalue weighted by Gasteiger charge is -2.01. The van der Waals surface area contributed by atoms with Crippen molar-refractivity contribution in [3.63, 3.8) is 0 Å². The van der Waals surface area contributed by atoms with Gasteiger partial charge < -0.3 is 0 Å². The van der Waals surface area contributed by atoms with Gasteiger partial charge in [0.25, 0.3) is 6.43 Å². The van der Waals surface area contributed by atoms with Crippen LogP contribution in [0.25, 0.3) is 0 Å². The fourth-order valence-electron chi connectivity index (χ4n) is 1.05. The van der Waals surface area contributed by atoms with Crippen molar-refractivity contribution in [1.29, 1.82) is 0 Å². The quantitative estimate of drug-likeness (QED) is 0.455. The van der Waals surface area contributed by atoms with E-state index in [2.05, 4.69) is 0 Å². The summed E-state index contributed by atoms with van der Waals surface area (Å²) in [5.74, 6) is -4.75. The minimum absolute atomic E-state index is 0.445. The molecule has 0 spiro atoms. The summed E-state index contributed by atoms with van der Waals surface area (Å²) in [7, 11) is 0. The number of hydrogen-bond acceptors (Lipinski definition) is 2. The Labute approximate surface area is 87.9 Å². The lowest BCUT2D eigenvalue weighted by molar-refractivity contribution is -0.128. The molecule has 0 atom stereocenters. The van der Waals surface area contributed by atoms with E-state index >= 15 is 0 Å². The Morgan fingerprint density at radius 1 is 1.19 bits per heavy atom. The molecule has 0 unspecified atom stereocenters. The summed E-state index contributed by atoms with van der Waals surface area (Å²) in [6.07, 6.45) is -4.37. The van der Waals surface area contributed by atoms with E-state index in [1.807, 2.05) is 0 Å². The molecule has 0 aliphatic heterocycles. The summed E-state index contributed by atoms with van der Waals surface area (Å²) < 4.78 is 49.1. The van der Waals surface area contributed by atoms with Crippen LogP contribution in [0.3, 0.4) is 0 Å². The van der Waals surface area contributed by atoms with Crippen LogP contribution in [0.4, 0.5) is 17.6 Å². The minimum Gasteiger partial charge on any atom is -0.294 e. The number of ketones is 2. The van der Waals surface area contributed by atoms with Crippen molar-refractivity contribution in [3.8, 4) is 0 Å². The van der Waals surface area contributed by atoms with Crippen LogP contribution in [0.2, 0.25) is 0 Å². The first-order valence-corrected chi connectivity index (χ1v) is 4.21. The maximum atomic E-state index is 13.0. The molecule has 0 saturated carbocycles. The van der Waals surface area contributed by atoms with Crippen LogP contribution in [0.1, 0.15) is 16.8 Å². The van der Waals surface area contributed by atoms with E-state index in [9.17, 15) is 27.2 Å². The summed E-state index contributed by atoms with van der Waals surface area (Å²) in [6.45, 7) is 0. The largest absolute Gasteiger partial charge is 0.296 e. The van der Waals surface area contributed by atoms with Crippen molar-refractivity contribution < 1.29 is 27.2 Å². The number of rotatable bonds is 4. The number of carbonyl (C=O) groups is 2. The molecule has 0 aliphatic rings. The maximum Gasteiger partial charge on any atom is 0.296 e. The van der Waals surface area contributed by atoms with Crippen LogP contribution in [0.15, 0.2) is 18.2 Å². The lowest BCUT2D eigenvalue weighted by Crippen LogP contribution is -2.16. The van der Waals surface area contributed by atoms with Crippen LogP contribution in [-0.4, -0.2) is 18.0 Å². The maximum absolute atomic E-state index is 13.0. The molecule has 16 heavy (non-hydrogen) atoms. The molecular weight excluding hydrogens is 228 g/mol. The molecule has 1 aromatic carbocycles. The summed E-state index contributed by atoms with van der Waals surface area (Å²) in [6, 6.07) is 2.06. The molecular formula is C10H6F4O2. The highest BCUT2D eigenvalue weighted by Gasteiger charge is 2.21. The van der Waals surface area contributed by atoms with Gasteiger partial charge in [-0.05, 0) is 12.1 Å². The van der Waals surface area contributed by atoms with Gasteiger partial charge in [0.15, 0.2) is 5.78 Å². The summed E-state index contributed by atoms with van der Waals surface area (Å²) in [5.41, 5.74) is -0.574. The number of benzene rings is 1. The third kappa shape index (κ3) is 2.88. The highest BCUT2D eigenvalue weighted by atomic mass is 19.3. The average molecular weight is 234 g/mol. The first-order chi connectivity index (χ1) is 7.41. The van der Waals surface area contributed by atoms with Gasteiger partial charge in [0, 0.05) is 6.07 Å². The Kier molecular flexibility index (Phi) is 3.76. The number of halogens is 4. The molecule has 2 nitrogen and oxygen atoms in total. The van der Waals surface area contributed by atoms with Gasteiger partial charge in [-0.3, -0.25) is 9.59 Å². The number of Topliss-reactive ketones (excluding diaryl/α,β-unsaturated/α-hetero) is 2. The molecule has 0 aromatic heterocycles. The van der Waals surface area contributed by atoms with Gasteiger partial charge in [-0.25, -0.2) is 17.6 Å². The van der Waals surface area contributed by atoms with E-state index in [1.54, 1.807) is 0 Å². The second-order valence-electron chi connectivity index (χ2n) is 2.99. The number of hydrogen-bond donors (Lipinski definition) is 0. The topological polar surface area (TPSA) is 34.1 Å². The Bertz CT molecular complexity index is 429. The summed E-state index contributed by atoms with van der Waals surface area (Å²) >= 11 is 0. The zero-order chi connectivity index (χ0) is 12.3. The molecule has 0 bridgehead atoms. The van der Waals surface area contributed by atoms with E-state index < -0.39 is 41.6 Å². The summed E-state index contributed by atoms with van der Waals surface area (Å²) in [5, 5.41) is 0. The van der Waals surface area contributed by atoms with Crippen molar-refractivity contribution in [2.75, 3.05) is 0 Å². The monoisotopic (exact) mass is 234 g/mol. The smallest absolute Gasteiger partial charge is 0.294 e. The van der Waals surface area contributed by atoms with E-state index in [-0.39, 0.29) is 0 Å². The molecule has 0 saturated heterocycles. The van der Waals surface area contributed by atoms with Crippen LogP contribution in [0, 0.1) is 11.6 Å². The fourth-order valence-corrected chi connectivity index (χ4v) is 1.05. The van der Waals surface area contributed by atoms with E-state index in [1.165, 1.54) is 0 Å². The van der Waals surface area contributed by atoms with Gasteiger partial charge in [0.2, 0.25) is 5.78 Å². The molecule has 6 heteroatoms. The molecule has 0 N–H and O–H groups in total. The SMILES string of the molecule is O=C(CC(=O)C(F)F)c1ccc(F)cc1F. The Hall–Kier alpha value is -1.72. The molecule has 0 heterocycles. The third-order valence-electron chi connectivity index (χ3n) is 1.81. The van der Waals surface area contributed by atoms with Crippen LogP contribution in [0.5, 0.6) is 0 Å². The van der Waals surface area contributed by atoms with Crippen molar-refractivity contribution in [2.24, 2.45) is 0 Å². The number of alkyl halides is 2. The molecule has 0 amide bonds. The Balaban J connectivity index is 2.85. The van der Waals surface area contributed by atoms with Crippen molar-refractivity contribution in [2.45, 2.75) is 12.8 Å². The van der Waals surface area contributed by atoms with E-state index in [0.29, 0.717) is 6.07 Å². The first-order valence-electron chi connectivity index (χ1n) is 4.21. The van der Waals surface area contributed by atoms with E-state index in [4.69, 9.17) is 0 Å². The highest BCUT2D eigenvalue weighted by molar-refractivity contribution is 6.08. The molecule has 1 aromatic rings. The average Bonchev–Trinajstić information content (AvgIpc) is 2.16. The highest BCUT2D eigenvalue weighted by Crippen LogP contribution is 2.13. The van der Waals surface area contributed by atoms with Gasteiger partial charge in [0.1, 0.15) is 11.6 Å². The van der Waals surface area contributed by atoms with Gasteiger partial charge in [-0.2, -0.15) is 0 Å². The second-order valence-corrected chi connectivity index (χ2v) is 2.99. The summed E-state index contributed by atoms with van der Waals surface area (Å²) in [4.78, 5) is 21.7. The van der Waals surface area contributed by atoms with Gasteiger partial charge in [-0.1, -0.05) is 0 Å². The first kappa shape index (κ1) is 12.4. The number of carbonyl (C=O) groups excluding carboxylic acids is 2. The molecule has 1 rings (SSSR count). The van der Waals surface area contributed by atoms with Crippen LogP contribution >= 0.6 is 0 Å². The van der Waals surface area contributed by atoms with Gasteiger partial charge >= 0.3 is 0 Å². The van der Waals surface area contributed by atoms with Crippen molar-refractivity contribution in [3.05, 3.63) is 35.4 Å². The van der Waals surface area contributed by atoms with Crippen LogP contribution in [-0.2, 0) is 4.79 Å². The standard InChI is InChI=1S/C10H6F4O2/c11-5-1-2-6(7(12)3-5)8(15)4-9(16)10(13)14/h1-3,10H,4H2.